The van der Waals surface area contributed by atoms with Crippen LogP contribution in [0.15, 0.2) is 0 Å². The summed E-state index contributed by atoms with van der Waals surface area (Å²) in [6, 6.07) is 0.0440. The Morgan fingerprint density at radius 1 is 1.53 bits per heavy atom. The summed E-state index contributed by atoms with van der Waals surface area (Å²) in [7, 11) is 2.10. The van der Waals surface area contributed by atoms with Gasteiger partial charge in [0.15, 0.2) is 0 Å². The van der Waals surface area contributed by atoms with Crippen LogP contribution in [-0.2, 0) is 4.79 Å². The first-order valence-electron chi connectivity index (χ1n) is 6.94. The molecule has 2 saturated heterocycles. The van der Waals surface area contributed by atoms with Crippen LogP contribution in [0.4, 0.5) is 4.79 Å². The summed E-state index contributed by atoms with van der Waals surface area (Å²) in [5.74, 6) is -0.889. The van der Waals surface area contributed by atoms with Gasteiger partial charge in [-0.1, -0.05) is 6.92 Å². The van der Waals surface area contributed by atoms with Crippen LogP contribution < -0.4 is 5.32 Å². The fourth-order valence-corrected chi connectivity index (χ4v) is 2.98. The zero-order valence-electron chi connectivity index (χ0n) is 11.6. The molecule has 6 nitrogen and oxygen atoms in total. The lowest BCUT2D eigenvalue weighted by molar-refractivity contribution is -0.141. The molecule has 6 heteroatoms. The van der Waals surface area contributed by atoms with E-state index in [1.807, 2.05) is 0 Å². The third kappa shape index (κ3) is 3.37. The van der Waals surface area contributed by atoms with E-state index < -0.39 is 11.9 Å². The number of carbonyl (C=O) groups excluding carboxylic acids is 1. The monoisotopic (exact) mass is 269 g/mol. The summed E-state index contributed by atoms with van der Waals surface area (Å²) < 4.78 is 0. The van der Waals surface area contributed by atoms with Crippen molar-refractivity contribution in [3.8, 4) is 0 Å². The Balaban J connectivity index is 1.89. The molecular formula is C13H23N3O3. The number of urea groups is 1. The molecule has 0 aromatic carbocycles. The minimum absolute atomic E-state index is 0.119. The number of rotatable bonds is 4. The van der Waals surface area contributed by atoms with E-state index in [1.54, 1.807) is 11.8 Å². The van der Waals surface area contributed by atoms with Crippen LogP contribution >= 0.6 is 0 Å². The van der Waals surface area contributed by atoms with Crippen LogP contribution in [0.25, 0.3) is 0 Å². The summed E-state index contributed by atoms with van der Waals surface area (Å²) in [5, 5.41) is 11.9. The molecule has 19 heavy (non-hydrogen) atoms. The molecular weight excluding hydrogens is 246 g/mol. The van der Waals surface area contributed by atoms with Gasteiger partial charge in [0, 0.05) is 19.6 Å². The molecule has 2 aliphatic rings. The molecule has 3 unspecified atom stereocenters. The zero-order valence-corrected chi connectivity index (χ0v) is 11.6. The van der Waals surface area contributed by atoms with Crippen molar-refractivity contribution in [3.05, 3.63) is 0 Å². The molecule has 108 valence electrons. The number of hydrogen-bond acceptors (Lipinski definition) is 3. The van der Waals surface area contributed by atoms with Gasteiger partial charge in [0.25, 0.3) is 0 Å². The summed E-state index contributed by atoms with van der Waals surface area (Å²) in [6.45, 7) is 4.69. The Bertz CT molecular complexity index is 361. The molecule has 0 bridgehead atoms. The third-order valence-corrected chi connectivity index (χ3v) is 4.16. The van der Waals surface area contributed by atoms with Crippen molar-refractivity contribution < 1.29 is 14.7 Å². The van der Waals surface area contributed by atoms with Crippen molar-refractivity contribution in [1.82, 2.24) is 15.1 Å². The van der Waals surface area contributed by atoms with Crippen LogP contribution in [-0.4, -0.2) is 66.2 Å². The van der Waals surface area contributed by atoms with E-state index in [2.05, 4.69) is 17.3 Å². The first kappa shape index (κ1) is 14.1. The molecule has 0 aliphatic carbocycles. The quantitative estimate of drug-likeness (QED) is 0.777. The van der Waals surface area contributed by atoms with Crippen molar-refractivity contribution in [2.75, 3.05) is 33.2 Å². The van der Waals surface area contributed by atoms with E-state index in [0.29, 0.717) is 19.0 Å². The highest BCUT2D eigenvalue weighted by molar-refractivity contribution is 5.78. The van der Waals surface area contributed by atoms with E-state index in [0.717, 1.165) is 19.5 Å². The topological polar surface area (TPSA) is 72.9 Å². The van der Waals surface area contributed by atoms with Crippen LogP contribution in [0.3, 0.4) is 0 Å². The Morgan fingerprint density at radius 2 is 2.26 bits per heavy atom. The first-order chi connectivity index (χ1) is 8.97. The summed E-state index contributed by atoms with van der Waals surface area (Å²) in [6.07, 6.45) is 2.30. The number of hydrogen-bond donors (Lipinski definition) is 2. The number of piperidine rings is 1. The Morgan fingerprint density at radius 3 is 2.89 bits per heavy atom. The third-order valence-electron chi connectivity index (χ3n) is 4.16. The molecule has 0 saturated carbocycles. The van der Waals surface area contributed by atoms with Gasteiger partial charge in [-0.2, -0.15) is 0 Å². The fourth-order valence-electron chi connectivity index (χ4n) is 2.98. The molecule has 2 heterocycles. The number of likely N-dealkylation sites (tertiary alicyclic amines) is 1. The normalized spacial score (nSPS) is 30.2. The number of carboxylic acid groups (broad SMARTS) is 1. The molecule has 0 aromatic heterocycles. The second-order valence-corrected chi connectivity index (χ2v) is 5.86. The van der Waals surface area contributed by atoms with E-state index >= 15 is 0 Å². The van der Waals surface area contributed by atoms with E-state index in [4.69, 9.17) is 5.11 Å². The lowest BCUT2D eigenvalue weighted by Crippen LogP contribution is -2.43. The van der Waals surface area contributed by atoms with Gasteiger partial charge in [0.1, 0.15) is 0 Å². The number of nitrogens with zero attached hydrogens (tertiary/aromatic N) is 2. The number of carbonyl (C=O) groups is 2. The molecule has 0 radical (unpaired) electrons. The van der Waals surface area contributed by atoms with Crippen molar-refractivity contribution in [2.24, 2.45) is 11.8 Å². The van der Waals surface area contributed by atoms with Crippen LogP contribution in [0.5, 0.6) is 0 Å². The highest BCUT2D eigenvalue weighted by atomic mass is 16.4. The molecule has 2 aliphatic heterocycles. The van der Waals surface area contributed by atoms with Gasteiger partial charge in [-0.15, -0.1) is 0 Å². The highest BCUT2D eigenvalue weighted by Gasteiger charge is 2.36. The SMILES string of the molecule is CC(CN1CC(C2CCCN(C)C2)NC1=O)C(=O)O. The average Bonchev–Trinajstić information content (AvgIpc) is 2.71. The lowest BCUT2D eigenvalue weighted by Gasteiger charge is -2.33. The van der Waals surface area contributed by atoms with E-state index in [9.17, 15) is 9.59 Å². The number of nitrogens with one attached hydrogen (secondary N) is 1. The standard InChI is InChI=1S/C13H23N3O3/c1-9(12(17)18)6-16-8-11(14-13(16)19)10-4-3-5-15(2)7-10/h9-11H,3-8H2,1-2H3,(H,14,19)(H,17,18). The van der Waals surface area contributed by atoms with Gasteiger partial charge < -0.3 is 20.2 Å². The predicted octanol–water partition coefficient (Wildman–Crippen LogP) is 0.443. The Labute approximate surface area is 113 Å². The molecule has 2 rings (SSSR count). The molecule has 2 fully saturated rings. The van der Waals surface area contributed by atoms with Crippen LogP contribution in [0.1, 0.15) is 19.8 Å². The number of amides is 2. The van der Waals surface area contributed by atoms with Gasteiger partial charge in [0.05, 0.1) is 12.0 Å². The predicted molar refractivity (Wildman–Crippen MR) is 70.9 cm³/mol. The molecule has 2 N–H and O–H groups in total. The molecule has 0 aromatic rings. The summed E-state index contributed by atoms with van der Waals surface area (Å²) in [4.78, 5) is 26.7. The van der Waals surface area contributed by atoms with Gasteiger partial charge >= 0.3 is 12.0 Å². The smallest absolute Gasteiger partial charge is 0.317 e. The maximum atomic E-state index is 11.9. The number of aliphatic carboxylic acids is 1. The van der Waals surface area contributed by atoms with Gasteiger partial charge in [-0.25, -0.2) is 4.79 Å². The van der Waals surface area contributed by atoms with E-state index in [1.165, 1.54) is 6.42 Å². The second kappa shape index (κ2) is 5.77. The largest absolute Gasteiger partial charge is 0.481 e. The minimum Gasteiger partial charge on any atom is -0.481 e. The highest BCUT2D eigenvalue weighted by Crippen LogP contribution is 2.22. The van der Waals surface area contributed by atoms with Crippen molar-refractivity contribution in [1.29, 1.82) is 0 Å². The second-order valence-electron chi connectivity index (χ2n) is 5.86. The molecule has 0 spiro atoms. The Hall–Kier alpha value is -1.30. The maximum Gasteiger partial charge on any atom is 0.317 e. The molecule has 3 atom stereocenters. The van der Waals surface area contributed by atoms with Crippen molar-refractivity contribution in [3.63, 3.8) is 0 Å². The average molecular weight is 269 g/mol. The van der Waals surface area contributed by atoms with E-state index in [-0.39, 0.29) is 12.1 Å². The van der Waals surface area contributed by atoms with Crippen molar-refractivity contribution >= 4 is 12.0 Å². The maximum absolute atomic E-state index is 11.9. The van der Waals surface area contributed by atoms with Gasteiger partial charge in [0.2, 0.25) is 0 Å². The van der Waals surface area contributed by atoms with Crippen LogP contribution in [0, 0.1) is 11.8 Å². The minimum atomic E-state index is -0.853. The summed E-state index contributed by atoms with van der Waals surface area (Å²) in [5.41, 5.74) is 0. The first-order valence-corrected chi connectivity index (χ1v) is 6.94. The van der Waals surface area contributed by atoms with Gasteiger partial charge in [-0.3, -0.25) is 4.79 Å². The Kier molecular flexibility index (Phi) is 4.29. The van der Waals surface area contributed by atoms with Gasteiger partial charge in [-0.05, 0) is 32.4 Å². The fraction of sp³-hybridized carbons (Fsp3) is 0.846. The van der Waals surface area contributed by atoms with Crippen molar-refractivity contribution in [2.45, 2.75) is 25.8 Å². The molecule has 2 amide bonds. The zero-order chi connectivity index (χ0) is 14.0. The lowest BCUT2D eigenvalue weighted by atomic mass is 9.91. The van der Waals surface area contributed by atoms with Crippen LogP contribution in [0.2, 0.25) is 0 Å². The number of carboxylic acids is 1. The summed E-state index contributed by atoms with van der Waals surface area (Å²) >= 11 is 0.